The number of hydrogen-bond acceptors (Lipinski definition) is 7. The molecule has 0 unspecified atom stereocenters. The van der Waals surface area contributed by atoms with E-state index in [9.17, 15) is 9.90 Å². The summed E-state index contributed by atoms with van der Waals surface area (Å²) >= 11 is 0. The molecule has 174 valence electrons. The van der Waals surface area contributed by atoms with Gasteiger partial charge in [0.15, 0.2) is 5.76 Å². The van der Waals surface area contributed by atoms with Crippen LogP contribution in [0.5, 0.6) is 0 Å². The standard InChI is InChI=1S/C26H27N5O3/c1-17-25(23-11-21(30-34-23)19-5-3-18(4-6-19)12-27-2)29-22(13-28-17)20-7-8-24(33)31(14-20)15-26(16-32)9-10-26/h3-8,11,13-14,27,32H,9-10,12,15-16H2,1-2H3. The summed E-state index contributed by atoms with van der Waals surface area (Å²) in [4.78, 5) is 21.7. The number of aromatic nitrogens is 4. The third kappa shape index (κ3) is 4.42. The second-order valence-electron chi connectivity index (χ2n) is 9.03. The first kappa shape index (κ1) is 22.2. The maximum Gasteiger partial charge on any atom is 0.250 e. The largest absolute Gasteiger partial charge is 0.396 e. The highest BCUT2D eigenvalue weighted by Gasteiger charge is 2.42. The zero-order valence-electron chi connectivity index (χ0n) is 19.3. The maximum absolute atomic E-state index is 12.4. The molecule has 0 radical (unpaired) electrons. The highest BCUT2D eigenvalue weighted by molar-refractivity contribution is 5.68. The number of nitrogens with zero attached hydrogens (tertiary/aromatic N) is 4. The van der Waals surface area contributed by atoms with Gasteiger partial charge >= 0.3 is 0 Å². The fraction of sp³-hybridized carbons (Fsp3) is 0.308. The van der Waals surface area contributed by atoms with Gasteiger partial charge in [0, 0.05) is 48.0 Å². The Morgan fingerprint density at radius 1 is 1.12 bits per heavy atom. The Labute approximate surface area is 197 Å². The average Bonchev–Trinajstić information content (AvgIpc) is 3.46. The minimum atomic E-state index is -0.173. The fourth-order valence-corrected chi connectivity index (χ4v) is 4.05. The van der Waals surface area contributed by atoms with Gasteiger partial charge < -0.3 is 19.5 Å². The first-order valence-corrected chi connectivity index (χ1v) is 11.4. The number of aliphatic hydroxyl groups is 1. The van der Waals surface area contributed by atoms with Crippen molar-refractivity contribution in [3.8, 4) is 34.0 Å². The van der Waals surface area contributed by atoms with E-state index < -0.39 is 0 Å². The van der Waals surface area contributed by atoms with Gasteiger partial charge in [-0.3, -0.25) is 9.78 Å². The fourth-order valence-electron chi connectivity index (χ4n) is 4.05. The monoisotopic (exact) mass is 457 g/mol. The molecule has 3 aromatic heterocycles. The molecule has 0 bridgehead atoms. The Morgan fingerprint density at radius 3 is 2.59 bits per heavy atom. The van der Waals surface area contributed by atoms with Gasteiger partial charge in [-0.05, 0) is 38.4 Å². The van der Waals surface area contributed by atoms with Crippen LogP contribution in [0.3, 0.4) is 0 Å². The van der Waals surface area contributed by atoms with Crippen molar-refractivity contribution in [1.82, 2.24) is 25.0 Å². The highest BCUT2D eigenvalue weighted by Crippen LogP contribution is 2.46. The van der Waals surface area contributed by atoms with Crippen LogP contribution < -0.4 is 10.9 Å². The van der Waals surface area contributed by atoms with Crippen LogP contribution in [0, 0.1) is 12.3 Å². The van der Waals surface area contributed by atoms with E-state index in [1.165, 1.54) is 11.6 Å². The summed E-state index contributed by atoms with van der Waals surface area (Å²) < 4.78 is 7.30. The predicted molar refractivity (Wildman–Crippen MR) is 129 cm³/mol. The van der Waals surface area contributed by atoms with E-state index in [0.29, 0.717) is 23.7 Å². The molecule has 1 saturated carbocycles. The van der Waals surface area contributed by atoms with Crippen LogP contribution in [0.25, 0.3) is 34.0 Å². The summed E-state index contributed by atoms with van der Waals surface area (Å²) in [6.07, 6.45) is 5.35. The Kier molecular flexibility index (Phi) is 5.85. The van der Waals surface area contributed by atoms with Crippen molar-refractivity contribution < 1.29 is 9.63 Å². The third-order valence-electron chi connectivity index (χ3n) is 6.41. The Morgan fingerprint density at radius 2 is 1.88 bits per heavy atom. The lowest BCUT2D eigenvalue weighted by Crippen LogP contribution is -2.25. The number of rotatable bonds is 8. The van der Waals surface area contributed by atoms with Crippen molar-refractivity contribution in [1.29, 1.82) is 0 Å². The van der Waals surface area contributed by atoms with E-state index in [4.69, 9.17) is 9.51 Å². The first-order chi connectivity index (χ1) is 16.5. The Hall–Kier alpha value is -3.62. The van der Waals surface area contributed by atoms with E-state index >= 15 is 0 Å². The van der Waals surface area contributed by atoms with Crippen LogP contribution in [0.1, 0.15) is 24.1 Å². The van der Waals surface area contributed by atoms with Crippen LogP contribution in [-0.2, 0) is 13.1 Å². The molecule has 34 heavy (non-hydrogen) atoms. The Balaban J connectivity index is 1.44. The number of aliphatic hydroxyl groups excluding tert-OH is 1. The molecular formula is C26H27N5O3. The minimum absolute atomic E-state index is 0.0875. The number of hydrogen-bond donors (Lipinski definition) is 2. The number of nitrogens with one attached hydrogen (secondary N) is 1. The smallest absolute Gasteiger partial charge is 0.250 e. The molecule has 0 amide bonds. The number of pyridine rings is 1. The molecule has 0 aliphatic heterocycles. The second kappa shape index (κ2) is 8.96. The van der Waals surface area contributed by atoms with E-state index in [1.54, 1.807) is 23.0 Å². The van der Waals surface area contributed by atoms with Crippen LogP contribution in [0.15, 0.2) is 64.2 Å². The summed E-state index contributed by atoms with van der Waals surface area (Å²) in [7, 11) is 1.92. The minimum Gasteiger partial charge on any atom is -0.396 e. The molecule has 4 aromatic rings. The quantitative estimate of drug-likeness (QED) is 0.418. The van der Waals surface area contributed by atoms with Crippen molar-refractivity contribution in [2.75, 3.05) is 13.7 Å². The van der Waals surface area contributed by atoms with Crippen molar-refractivity contribution in [2.45, 2.75) is 32.9 Å². The lowest BCUT2D eigenvalue weighted by atomic mass is 10.1. The van der Waals surface area contributed by atoms with Crippen molar-refractivity contribution in [2.24, 2.45) is 5.41 Å². The summed E-state index contributed by atoms with van der Waals surface area (Å²) in [5.41, 5.74) is 5.36. The zero-order chi connectivity index (χ0) is 23.7. The van der Waals surface area contributed by atoms with E-state index in [1.807, 2.05) is 32.2 Å². The van der Waals surface area contributed by atoms with Crippen molar-refractivity contribution in [3.63, 3.8) is 0 Å². The SMILES string of the molecule is CNCc1ccc(-c2cc(-c3nc(-c4ccc(=O)n(CC5(CO)CC5)c4)cnc3C)on2)cc1. The van der Waals surface area contributed by atoms with Gasteiger partial charge in [-0.2, -0.15) is 0 Å². The van der Waals surface area contributed by atoms with Gasteiger partial charge in [0.05, 0.1) is 24.2 Å². The molecule has 5 rings (SSSR count). The van der Waals surface area contributed by atoms with Crippen molar-refractivity contribution >= 4 is 0 Å². The molecule has 1 fully saturated rings. The lowest BCUT2D eigenvalue weighted by Gasteiger charge is -2.14. The molecular weight excluding hydrogens is 430 g/mol. The maximum atomic E-state index is 12.4. The second-order valence-corrected chi connectivity index (χ2v) is 9.03. The van der Waals surface area contributed by atoms with Crippen LogP contribution in [0.4, 0.5) is 0 Å². The molecule has 3 heterocycles. The molecule has 0 spiro atoms. The van der Waals surface area contributed by atoms with Gasteiger partial charge in [0.2, 0.25) is 0 Å². The predicted octanol–water partition coefficient (Wildman–Crippen LogP) is 3.43. The average molecular weight is 458 g/mol. The van der Waals surface area contributed by atoms with Crippen molar-refractivity contribution in [3.05, 3.63) is 76.5 Å². The molecule has 1 aliphatic carbocycles. The van der Waals surface area contributed by atoms with Gasteiger partial charge in [-0.15, -0.1) is 0 Å². The van der Waals surface area contributed by atoms with Gasteiger partial charge in [0.25, 0.3) is 5.56 Å². The van der Waals surface area contributed by atoms with E-state index in [2.05, 4.69) is 27.6 Å². The summed E-state index contributed by atoms with van der Waals surface area (Å²) in [6, 6.07) is 13.3. The molecule has 1 aliphatic rings. The number of benzene rings is 1. The van der Waals surface area contributed by atoms with Gasteiger partial charge in [-0.1, -0.05) is 29.4 Å². The van der Waals surface area contributed by atoms with Crippen LogP contribution in [0.2, 0.25) is 0 Å². The third-order valence-corrected chi connectivity index (χ3v) is 6.41. The normalized spacial score (nSPS) is 14.3. The van der Waals surface area contributed by atoms with E-state index in [0.717, 1.165) is 41.9 Å². The molecule has 2 N–H and O–H groups in total. The van der Waals surface area contributed by atoms with Gasteiger partial charge in [-0.25, -0.2) is 4.98 Å². The summed E-state index contributed by atoms with van der Waals surface area (Å²) in [5.74, 6) is 0.534. The number of aryl methyl sites for hydroxylation is 1. The molecule has 1 aromatic carbocycles. The van der Waals surface area contributed by atoms with Gasteiger partial charge in [0.1, 0.15) is 11.4 Å². The topological polar surface area (TPSA) is 106 Å². The summed E-state index contributed by atoms with van der Waals surface area (Å²) in [5, 5.41) is 17.0. The molecule has 8 nitrogen and oxygen atoms in total. The van der Waals surface area contributed by atoms with Crippen LogP contribution in [-0.4, -0.2) is 38.5 Å². The molecule has 8 heteroatoms. The zero-order valence-corrected chi connectivity index (χ0v) is 19.3. The lowest BCUT2D eigenvalue weighted by molar-refractivity contribution is 0.193. The first-order valence-electron chi connectivity index (χ1n) is 11.4. The molecule has 0 atom stereocenters. The van der Waals surface area contributed by atoms with E-state index in [-0.39, 0.29) is 17.6 Å². The Bertz CT molecular complexity index is 1370. The summed E-state index contributed by atoms with van der Waals surface area (Å²) in [6.45, 7) is 3.27. The molecule has 0 saturated heterocycles. The highest BCUT2D eigenvalue weighted by atomic mass is 16.5. The van der Waals surface area contributed by atoms with Crippen LogP contribution >= 0.6 is 0 Å².